The van der Waals surface area contributed by atoms with Crippen molar-refractivity contribution in [2.24, 2.45) is 9.98 Å². The van der Waals surface area contributed by atoms with Gasteiger partial charge in [0.05, 0.1) is 11.4 Å². The molecular weight excluding hydrogens is 124 g/mol. The highest BCUT2D eigenvalue weighted by Gasteiger charge is 1.96. The fourth-order valence-corrected chi connectivity index (χ4v) is 0.904. The number of nitrogens with zero attached hydrogens (tertiary/aromatic N) is 2. The van der Waals surface area contributed by atoms with Crippen molar-refractivity contribution in [2.75, 3.05) is 13.6 Å². The minimum absolute atomic E-state index is 0.852. The molecule has 0 heterocycles. The first-order valence-electron chi connectivity index (χ1n) is 3.73. The smallest absolute Gasteiger partial charge is 0.0549 e. The summed E-state index contributed by atoms with van der Waals surface area (Å²) >= 11 is 0. The highest BCUT2D eigenvalue weighted by Crippen LogP contribution is 1.89. The molecule has 2 nitrogen and oxygen atoms in total. The number of rotatable bonds is 3. The van der Waals surface area contributed by atoms with Crippen molar-refractivity contribution < 1.29 is 0 Å². The van der Waals surface area contributed by atoms with E-state index in [0.717, 1.165) is 24.4 Å². The summed E-state index contributed by atoms with van der Waals surface area (Å²) in [5.74, 6) is 0. The zero-order chi connectivity index (χ0) is 7.98. The molecular formula is C8H16N2. The largest absolute Gasteiger partial charge is 0.291 e. The molecule has 0 aromatic heterocycles. The molecule has 0 atom stereocenters. The zero-order valence-corrected chi connectivity index (χ0v) is 7.31. The fourth-order valence-electron chi connectivity index (χ4n) is 0.904. The van der Waals surface area contributed by atoms with Crippen LogP contribution in [0.15, 0.2) is 9.98 Å². The maximum atomic E-state index is 4.25. The van der Waals surface area contributed by atoms with Crippen molar-refractivity contribution in [3.05, 3.63) is 0 Å². The molecule has 0 aliphatic heterocycles. The second kappa shape index (κ2) is 5.15. The lowest BCUT2D eigenvalue weighted by molar-refractivity contribution is 1.13. The fraction of sp³-hybridized carbons (Fsp3) is 0.750. The molecule has 0 aromatic carbocycles. The summed E-state index contributed by atoms with van der Waals surface area (Å²) < 4.78 is 0. The third-order valence-electron chi connectivity index (χ3n) is 1.42. The van der Waals surface area contributed by atoms with Crippen molar-refractivity contribution in [3.63, 3.8) is 0 Å². The molecule has 0 unspecified atom stereocenters. The predicted molar refractivity (Wildman–Crippen MR) is 47.3 cm³/mol. The summed E-state index contributed by atoms with van der Waals surface area (Å²) in [7, 11) is 1.81. The van der Waals surface area contributed by atoms with Gasteiger partial charge >= 0.3 is 0 Å². The minimum atomic E-state index is 0.852. The molecule has 0 aliphatic rings. The summed E-state index contributed by atoms with van der Waals surface area (Å²) in [6, 6.07) is 0. The molecule has 0 saturated carbocycles. The zero-order valence-electron chi connectivity index (χ0n) is 7.31. The van der Waals surface area contributed by atoms with Crippen LogP contribution in [0, 0.1) is 0 Å². The Kier molecular flexibility index (Phi) is 4.81. The van der Waals surface area contributed by atoms with Gasteiger partial charge in [0.1, 0.15) is 0 Å². The van der Waals surface area contributed by atoms with Gasteiger partial charge in [0.2, 0.25) is 0 Å². The average Bonchev–Trinajstić information content (AvgIpc) is 1.91. The lowest BCUT2D eigenvalue weighted by Crippen LogP contribution is -2.09. The molecule has 0 bridgehead atoms. The molecule has 0 spiro atoms. The van der Waals surface area contributed by atoms with E-state index in [-0.39, 0.29) is 0 Å². The lowest BCUT2D eigenvalue weighted by atomic mass is 10.2. The van der Waals surface area contributed by atoms with E-state index >= 15 is 0 Å². The molecule has 10 heavy (non-hydrogen) atoms. The summed E-state index contributed by atoms with van der Waals surface area (Å²) in [4.78, 5) is 8.36. The van der Waals surface area contributed by atoms with Gasteiger partial charge in [-0.3, -0.25) is 9.98 Å². The Bertz CT molecular complexity index is 145. The van der Waals surface area contributed by atoms with Crippen LogP contribution in [0.25, 0.3) is 0 Å². The van der Waals surface area contributed by atoms with Crippen LogP contribution < -0.4 is 0 Å². The highest BCUT2D eigenvalue weighted by molar-refractivity contribution is 6.41. The first kappa shape index (κ1) is 9.34. The summed E-state index contributed by atoms with van der Waals surface area (Å²) in [6.07, 6.45) is 0.978. The van der Waals surface area contributed by atoms with E-state index in [4.69, 9.17) is 0 Å². The summed E-state index contributed by atoms with van der Waals surface area (Å²) in [6.45, 7) is 6.99. The van der Waals surface area contributed by atoms with Crippen LogP contribution in [0.5, 0.6) is 0 Å². The third kappa shape index (κ3) is 2.76. The molecule has 0 aromatic rings. The quantitative estimate of drug-likeness (QED) is 0.535. The van der Waals surface area contributed by atoms with Crippen molar-refractivity contribution in [2.45, 2.75) is 27.2 Å². The number of aliphatic imine (C=N–C) groups is 2. The molecule has 0 fully saturated rings. The summed E-state index contributed by atoms with van der Waals surface area (Å²) in [5.41, 5.74) is 2.19. The molecule has 0 N–H and O–H groups in total. The van der Waals surface area contributed by atoms with E-state index in [2.05, 4.69) is 16.9 Å². The Morgan fingerprint density at radius 3 is 2.20 bits per heavy atom. The molecule has 0 rings (SSSR count). The SMILES string of the molecule is CCN=C(C)C(CC)=NC. The molecule has 0 radical (unpaired) electrons. The van der Waals surface area contributed by atoms with Gasteiger partial charge in [-0.2, -0.15) is 0 Å². The van der Waals surface area contributed by atoms with Crippen LogP contribution in [-0.2, 0) is 0 Å². The van der Waals surface area contributed by atoms with E-state index in [0.29, 0.717) is 0 Å². The van der Waals surface area contributed by atoms with Crippen LogP contribution >= 0.6 is 0 Å². The minimum Gasteiger partial charge on any atom is -0.291 e. The van der Waals surface area contributed by atoms with Gasteiger partial charge < -0.3 is 0 Å². The van der Waals surface area contributed by atoms with E-state index in [9.17, 15) is 0 Å². The molecule has 0 amide bonds. The Labute approximate surface area is 63.1 Å². The van der Waals surface area contributed by atoms with E-state index in [1.165, 1.54) is 0 Å². The van der Waals surface area contributed by atoms with Crippen LogP contribution in [0.3, 0.4) is 0 Å². The summed E-state index contributed by atoms with van der Waals surface area (Å²) in [5, 5.41) is 0. The van der Waals surface area contributed by atoms with E-state index < -0.39 is 0 Å². The average molecular weight is 140 g/mol. The van der Waals surface area contributed by atoms with Gasteiger partial charge in [0.25, 0.3) is 0 Å². The first-order chi connectivity index (χ1) is 4.76. The van der Waals surface area contributed by atoms with Crippen LogP contribution in [0.1, 0.15) is 27.2 Å². The molecule has 58 valence electrons. The van der Waals surface area contributed by atoms with E-state index in [1.54, 1.807) is 0 Å². The van der Waals surface area contributed by atoms with Gasteiger partial charge in [0, 0.05) is 13.6 Å². The van der Waals surface area contributed by atoms with Crippen molar-refractivity contribution in [1.29, 1.82) is 0 Å². The van der Waals surface area contributed by atoms with Gasteiger partial charge in [0.15, 0.2) is 0 Å². The number of hydrogen-bond donors (Lipinski definition) is 0. The normalized spacial score (nSPS) is 14.0. The Morgan fingerprint density at radius 2 is 1.90 bits per heavy atom. The van der Waals surface area contributed by atoms with E-state index in [1.807, 2.05) is 20.9 Å². The molecule has 0 saturated heterocycles. The van der Waals surface area contributed by atoms with Gasteiger partial charge in [-0.05, 0) is 20.3 Å². The highest BCUT2D eigenvalue weighted by atomic mass is 14.8. The topological polar surface area (TPSA) is 24.7 Å². The second-order valence-corrected chi connectivity index (χ2v) is 2.08. The first-order valence-corrected chi connectivity index (χ1v) is 3.73. The van der Waals surface area contributed by atoms with Crippen molar-refractivity contribution in [3.8, 4) is 0 Å². The molecule has 2 heteroatoms. The lowest BCUT2D eigenvalue weighted by Gasteiger charge is -1.99. The Morgan fingerprint density at radius 1 is 1.30 bits per heavy atom. The predicted octanol–water partition coefficient (Wildman–Crippen LogP) is 1.95. The van der Waals surface area contributed by atoms with Gasteiger partial charge in [-0.25, -0.2) is 0 Å². The maximum Gasteiger partial charge on any atom is 0.0549 e. The number of hydrogen-bond acceptors (Lipinski definition) is 2. The standard InChI is InChI=1S/C8H16N2/c1-5-8(9-4)7(3)10-6-2/h5-6H2,1-4H3. The maximum absolute atomic E-state index is 4.25. The van der Waals surface area contributed by atoms with Crippen LogP contribution in [-0.4, -0.2) is 25.0 Å². The Balaban J connectivity index is 4.16. The monoisotopic (exact) mass is 140 g/mol. The van der Waals surface area contributed by atoms with Gasteiger partial charge in [-0.15, -0.1) is 0 Å². The second-order valence-electron chi connectivity index (χ2n) is 2.08. The third-order valence-corrected chi connectivity index (χ3v) is 1.42. The van der Waals surface area contributed by atoms with Crippen LogP contribution in [0.4, 0.5) is 0 Å². The van der Waals surface area contributed by atoms with Crippen molar-refractivity contribution in [1.82, 2.24) is 0 Å². The van der Waals surface area contributed by atoms with Gasteiger partial charge in [-0.1, -0.05) is 6.92 Å². The van der Waals surface area contributed by atoms with Crippen molar-refractivity contribution >= 4 is 11.4 Å². The Hall–Kier alpha value is -0.660. The van der Waals surface area contributed by atoms with Crippen LogP contribution in [0.2, 0.25) is 0 Å². The molecule has 0 aliphatic carbocycles.